The van der Waals surface area contributed by atoms with E-state index in [4.69, 9.17) is 0 Å². The van der Waals surface area contributed by atoms with Crippen LogP contribution in [-0.4, -0.2) is 32.6 Å². The van der Waals surface area contributed by atoms with Gasteiger partial charge in [-0.05, 0) is 31.5 Å². The number of hydrogen-bond donors (Lipinski definition) is 2. The number of carbonyl (C=O) groups excluding carboxylic acids is 1. The summed E-state index contributed by atoms with van der Waals surface area (Å²) in [7, 11) is 0. The lowest BCUT2D eigenvalue weighted by Gasteiger charge is -2.16. The van der Waals surface area contributed by atoms with Gasteiger partial charge in [0.2, 0.25) is 0 Å². The zero-order valence-electron chi connectivity index (χ0n) is 14.2. The number of amides is 1. The van der Waals surface area contributed by atoms with Crippen LogP contribution in [0.25, 0.3) is 5.69 Å². The number of benzene rings is 2. The fourth-order valence-corrected chi connectivity index (χ4v) is 2.62. The molecular weight excluding hydrogens is 316 g/mol. The third-order valence-electron chi connectivity index (χ3n) is 4.08. The molecular formula is C19H20N4O2. The number of nitrogens with one attached hydrogen (secondary N) is 1. The molecule has 1 aromatic heterocycles. The molecule has 6 nitrogen and oxygen atoms in total. The van der Waals surface area contributed by atoms with Gasteiger partial charge in [-0.2, -0.15) is 0 Å². The maximum absolute atomic E-state index is 12.6. The highest BCUT2D eigenvalue weighted by Crippen LogP contribution is 2.16. The number of rotatable bonds is 5. The van der Waals surface area contributed by atoms with Gasteiger partial charge in [-0.1, -0.05) is 53.2 Å². The summed E-state index contributed by atoms with van der Waals surface area (Å²) in [5.41, 5.74) is 3.72. The molecule has 0 fully saturated rings. The second-order valence-corrected chi connectivity index (χ2v) is 5.89. The van der Waals surface area contributed by atoms with E-state index < -0.39 is 6.04 Å². The van der Waals surface area contributed by atoms with Crippen molar-refractivity contribution in [2.45, 2.75) is 19.9 Å². The van der Waals surface area contributed by atoms with Crippen molar-refractivity contribution in [3.8, 4) is 5.69 Å². The molecule has 0 aliphatic carbocycles. The van der Waals surface area contributed by atoms with Gasteiger partial charge in [0, 0.05) is 0 Å². The average Bonchev–Trinajstić information content (AvgIpc) is 3.02. The molecule has 25 heavy (non-hydrogen) atoms. The fraction of sp³-hybridized carbons (Fsp3) is 0.211. The maximum Gasteiger partial charge on any atom is 0.274 e. The quantitative estimate of drug-likeness (QED) is 0.749. The van der Waals surface area contributed by atoms with E-state index in [1.54, 1.807) is 11.6 Å². The third kappa shape index (κ3) is 3.59. The monoisotopic (exact) mass is 336 g/mol. The Hall–Kier alpha value is -2.99. The van der Waals surface area contributed by atoms with Crippen LogP contribution in [0.5, 0.6) is 0 Å². The predicted octanol–water partition coefficient (Wildman–Crippen LogP) is 2.35. The highest BCUT2D eigenvalue weighted by molar-refractivity contribution is 5.93. The maximum atomic E-state index is 12.6. The minimum Gasteiger partial charge on any atom is -0.394 e. The zero-order chi connectivity index (χ0) is 17.8. The average molecular weight is 336 g/mol. The summed E-state index contributed by atoms with van der Waals surface area (Å²) >= 11 is 0. The fourth-order valence-electron chi connectivity index (χ4n) is 2.62. The van der Waals surface area contributed by atoms with Crippen molar-refractivity contribution in [2.75, 3.05) is 6.61 Å². The van der Waals surface area contributed by atoms with Crippen LogP contribution in [0.2, 0.25) is 0 Å². The highest BCUT2D eigenvalue weighted by Gasteiger charge is 2.21. The molecule has 3 rings (SSSR count). The Bertz CT molecular complexity index is 857. The smallest absolute Gasteiger partial charge is 0.274 e. The number of aliphatic hydroxyl groups is 1. The van der Waals surface area contributed by atoms with Crippen molar-refractivity contribution in [1.82, 2.24) is 20.3 Å². The molecule has 1 unspecified atom stereocenters. The lowest BCUT2D eigenvalue weighted by molar-refractivity contribution is 0.0910. The first-order valence-corrected chi connectivity index (χ1v) is 8.06. The number of aryl methyl sites for hydroxylation is 1. The van der Waals surface area contributed by atoms with Crippen LogP contribution in [0.3, 0.4) is 0 Å². The van der Waals surface area contributed by atoms with Gasteiger partial charge in [0.1, 0.15) is 0 Å². The first-order chi connectivity index (χ1) is 12.1. The summed E-state index contributed by atoms with van der Waals surface area (Å²) in [5, 5.41) is 20.5. The largest absolute Gasteiger partial charge is 0.394 e. The molecule has 0 aliphatic heterocycles. The van der Waals surface area contributed by atoms with Crippen LogP contribution in [-0.2, 0) is 0 Å². The minimum atomic E-state index is -0.488. The second kappa shape index (κ2) is 7.27. The van der Waals surface area contributed by atoms with Crippen molar-refractivity contribution in [1.29, 1.82) is 0 Å². The van der Waals surface area contributed by atoms with E-state index in [1.165, 1.54) is 0 Å². The summed E-state index contributed by atoms with van der Waals surface area (Å²) in [6.07, 6.45) is 0. The molecule has 0 spiro atoms. The summed E-state index contributed by atoms with van der Waals surface area (Å²) in [6, 6.07) is 16.7. The highest BCUT2D eigenvalue weighted by atomic mass is 16.3. The Morgan fingerprint density at radius 1 is 1.12 bits per heavy atom. The van der Waals surface area contributed by atoms with E-state index >= 15 is 0 Å². The van der Waals surface area contributed by atoms with E-state index in [2.05, 4.69) is 15.6 Å². The topological polar surface area (TPSA) is 80.0 Å². The molecule has 3 aromatic rings. The first kappa shape index (κ1) is 16.9. The number of carbonyl (C=O) groups is 1. The van der Waals surface area contributed by atoms with Crippen molar-refractivity contribution in [2.24, 2.45) is 0 Å². The third-order valence-corrected chi connectivity index (χ3v) is 4.08. The van der Waals surface area contributed by atoms with Crippen LogP contribution < -0.4 is 5.32 Å². The van der Waals surface area contributed by atoms with Crippen molar-refractivity contribution in [3.05, 3.63) is 77.1 Å². The molecule has 0 bridgehead atoms. The summed E-state index contributed by atoms with van der Waals surface area (Å²) in [4.78, 5) is 12.6. The van der Waals surface area contributed by atoms with Crippen LogP contribution >= 0.6 is 0 Å². The van der Waals surface area contributed by atoms with Crippen molar-refractivity contribution >= 4 is 5.91 Å². The Morgan fingerprint density at radius 3 is 2.44 bits per heavy atom. The van der Waals surface area contributed by atoms with Crippen molar-refractivity contribution < 1.29 is 9.90 Å². The van der Waals surface area contributed by atoms with Crippen LogP contribution in [0.1, 0.15) is 33.4 Å². The lowest BCUT2D eigenvalue weighted by atomic mass is 10.1. The lowest BCUT2D eigenvalue weighted by Crippen LogP contribution is -2.31. The van der Waals surface area contributed by atoms with E-state index in [-0.39, 0.29) is 18.2 Å². The standard InChI is InChI=1S/C19H20N4O2/c1-13-8-10-16(11-9-13)23-14(2)18(21-22-23)19(25)20-17(12-24)15-6-4-3-5-7-15/h3-11,17,24H,12H2,1-2H3,(H,20,25). The van der Waals surface area contributed by atoms with Gasteiger partial charge in [-0.25, -0.2) is 4.68 Å². The van der Waals surface area contributed by atoms with Crippen LogP contribution in [0, 0.1) is 13.8 Å². The van der Waals surface area contributed by atoms with Gasteiger partial charge in [0.05, 0.1) is 24.0 Å². The van der Waals surface area contributed by atoms with Crippen LogP contribution in [0.15, 0.2) is 54.6 Å². The van der Waals surface area contributed by atoms with Crippen molar-refractivity contribution in [3.63, 3.8) is 0 Å². The molecule has 1 atom stereocenters. The SMILES string of the molecule is Cc1ccc(-n2nnc(C(=O)NC(CO)c3ccccc3)c2C)cc1. The first-order valence-electron chi connectivity index (χ1n) is 8.06. The number of nitrogens with zero attached hydrogens (tertiary/aromatic N) is 3. The normalized spacial score (nSPS) is 12.0. The molecule has 0 radical (unpaired) electrons. The number of hydrogen-bond acceptors (Lipinski definition) is 4. The zero-order valence-corrected chi connectivity index (χ0v) is 14.2. The van der Waals surface area contributed by atoms with Crippen LogP contribution in [0.4, 0.5) is 0 Å². The predicted molar refractivity (Wildman–Crippen MR) is 94.6 cm³/mol. The molecule has 2 aromatic carbocycles. The Kier molecular flexibility index (Phi) is 4.90. The van der Waals surface area contributed by atoms with E-state index in [1.807, 2.05) is 61.5 Å². The Balaban J connectivity index is 1.82. The molecule has 6 heteroatoms. The molecule has 1 amide bonds. The molecule has 0 saturated carbocycles. The van der Waals surface area contributed by atoms with Gasteiger partial charge < -0.3 is 10.4 Å². The minimum absolute atomic E-state index is 0.194. The van der Waals surface area contributed by atoms with E-state index in [0.29, 0.717) is 5.69 Å². The van der Waals surface area contributed by atoms with Gasteiger partial charge in [-0.3, -0.25) is 4.79 Å². The molecule has 0 aliphatic rings. The number of aliphatic hydroxyl groups excluding tert-OH is 1. The molecule has 2 N–H and O–H groups in total. The molecule has 1 heterocycles. The van der Waals surface area contributed by atoms with Gasteiger partial charge in [0.15, 0.2) is 5.69 Å². The number of aromatic nitrogens is 3. The van der Waals surface area contributed by atoms with Gasteiger partial charge in [0.25, 0.3) is 5.91 Å². The molecule has 128 valence electrons. The second-order valence-electron chi connectivity index (χ2n) is 5.89. The Morgan fingerprint density at radius 2 is 1.80 bits per heavy atom. The summed E-state index contributed by atoms with van der Waals surface area (Å²) in [6.45, 7) is 3.61. The molecule has 0 saturated heterocycles. The van der Waals surface area contributed by atoms with Gasteiger partial charge in [-0.15, -0.1) is 5.10 Å². The van der Waals surface area contributed by atoms with E-state index in [0.717, 1.165) is 16.8 Å². The van der Waals surface area contributed by atoms with Gasteiger partial charge >= 0.3 is 0 Å². The summed E-state index contributed by atoms with van der Waals surface area (Å²) in [5.74, 6) is -0.362. The van der Waals surface area contributed by atoms with E-state index in [9.17, 15) is 9.90 Å². The Labute approximate surface area is 146 Å². The summed E-state index contributed by atoms with van der Waals surface area (Å²) < 4.78 is 1.63.